The van der Waals surface area contributed by atoms with Gasteiger partial charge in [-0.1, -0.05) is 12.1 Å². The van der Waals surface area contributed by atoms with Crippen molar-refractivity contribution in [2.45, 2.75) is 0 Å². The van der Waals surface area contributed by atoms with Crippen molar-refractivity contribution in [3.63, 3.8) is 0 Å². The Hall–Kier alpha value is 0.0666. The van der Waals surface area contributed by atoms with Crippen LogP contribution in [0.2, 0.25) is 0 Å². The third kappa shape index (κ3) is 1.38. The first-order chi connectivity index (χ1) is 4.47. The van der Waals surface area contributed by atoms with Gasteiger partial charge in [0.05, 0.1) is 0 Å². The quantitative estimate of drug-likeness (QED) is 0.721. The van der Waals surface area contributed by atoms with Crippen molar-refractivity contribution in [2.24, 2.45) is 0 Å². The molecule has 0 atom stereocenters. The number of aromatic nitrogens is 1. The first-order valence-electron chi connectivity index (χ1n) is 2.75. The maximum absolute atomic E-state index is 5.01. The summed E-state index contributed by atoms with van der Waals surface area (Å²) >= 11 is 0. The molecule has 1 aromatic carbocycles. The number of oxazole rings is 1. The molecule has 0 aliphatic rings. The molecule has 0 aliphatic carbocycles. The molecule has 0 saturated heterocycles. The van der Waals surface area contributed by atoms with E-state index in [1.807, 2.05) is 24.3 Å². The Bertz CT molecular complexity index is 288. The molecule has 0 radical (unpaired) electrons. The van der Waals surface area contributed by atoms with E-state index in [4.69, 9.17) is 4.42 Å². The molecule has 2 rings (SSSR count). The molecule has 0 aliphatic heterocycles. The molecule has 2 nitrogen and oxygen atoms in total. The number of hydrogen-bond acceptors (Lipinski definition) is 2. The van der Waals surface area contributed by atoms with Crippen molar-refractivity contribution in [1.29, 1.82) is 0 Å². The Kier molecular flexibility index (Phi) is 2.82. The predicted octanol–water partition coefficient (Wildman–Crippen LogP) is 1.83. The number of fused-ring (bicyclic) bond motifs is 1. The Morgan fingerprint density at radius 2 is 2.00 bits per heavy atom. The van der Waals surface area contributed by atoms with Gasteiger partial charge in [-0.3, -0.25) is 0 Å². The summed E-state index contributed by atoms with van der Waals surface area (Å²) in [6.07, 6.45) is 1.45. The van der Waals surface area contributed by atoms with Crippen LogP contribution in [0, 0.1) is 41.7 Å². The molecule has 0 N–H and O–H groups in total. The third-order valence-corrected chi connectivity index (χ3v) is 1.24. The van der Waals surface area contributed by atoms with Crippen molar-refractivity contribution in [3.05, 3.63) is 30.7 Å². The van der Waals surface area contributed by atoms with Gasteiger partial charge in [-0.2, -0.15) is 0 Å². The van der Waals surface area contributed by atoms with E-state index in [1.165, 1.54) is 6.39 Å². The van der Waals surface area contributed by atoms with Gasteiger partial charge in [0.25, 0.3) is 0 Å². The summed E-state index contributed by atoms with van der Waals surface area (Å²) in [6.45, 7) is 0. The smallest absolute Gasteiger partial charge is 0.181 e. The van der Waals surface area contributed by atoms with Crippen LogP contribution in [0.5, 0.6) is 0 Å². The van der Waals surface area contributed by atoms with E-state index in [2.05, 4.69) is 4.98 Å². The SMILES string of the molecule is [Ce].c1ccc2ocnc2c1. The van der Waals surface area contributed by atoms with Gasteiger partial charge >= 0.3 is 0 Å². The normalized spacial score (nSPS) is 9.20. The number of nitrogens with zero attached hydrogens (tertiary/aromatic N) is 1. The average molecular weight is 259 g/mol. The molecular weight excluding hydrogens is 254 g/mol. The molecule has 2 aromatic rings. The standard InChI is InChI=1S/C7H5NO.Ce/c1-2-4-7-6(3-1)8-5-9-7;/h1-5H;. The van der Waals surface area contributed by atoms with Gasteiger partial charge in [0.15, 0.2) is 12.0 Å². The molecule has 1 heterocycles. The molecule has 0 fully saturated rings. The molecule has 0 unspecified atom stereocenters. The fraction of sp³-hybridized carbons (Fsp3) is 0. The van der Waals surface area contributed by atoms with Gasteiger partial charge < -0.3 is 4.42 Å². The van der Waals surface area contributed by atoms with Crippen molar-refractivity contribution in [1.82, 2.24) is 4.98 Å². The maximum Gasteiger partial charge on any atom is 0.181 e. The van der Waals surface area contributed by atoms with Gasteiger partial charge in [0.2, 0.25) is 0 Å². The number of rotatable bonds is 0. The topological polar surface area (TPSA) is 26.0 Å². The van der Waals surface area contributed by atoms with Crippen molar-refractivity contribution in [3.8, 4) is 0 Å². The van der Waals surface area contributed by atoms with Crippen LogP contribution in [0.3, 0.4) is 0 Å². The first-order valence-corrected chi connectivity index (χ1v) is 2.75. The summed E-state index contributed by atoms with van der Waals surface area (Å²) in [7, 11) is 0. The van der Waals surface area contributed by atoms with Gasteiger partial charge in [-0.25, -0.2) is 4.98 Å². The Balaban J connectivity index is 0.000000500. The Morgan fingerprint density at radius 3 is 2.80 bits per heavy atom. The molecule has 0 saturated carbocycles. The van der Waals surface area contributed by atoms with E-state index in [1.54, 1.807) is 0 Å². The van der Waals surface area contributed by atoms with Crippen LogP contribution < -0.4 is 0 Å². The molecule has 3 heteroatoms. The average Bonchev–Trinajstić information content (AvgIpc) is 2.33. The first kappa shape index (κ1) is 8.17. The number of benzene rings is 1. The van der Waals surface area contributed by atoms with E-state index in [0.29, 0.717) is 0 Å². The fourth-order valence-electron chi connectivity index (χ4n) is 0.803. The molecule has 1 aromatic heterocycles. The van der Waals surface area contributed by atoms with Crippen LogP contribution in [0.25, 0.3) is 11.1 Å². The Labute approximate surface area is 92.0 Å². The zero-order chi connectivity index (χ0) is 6.10. The summed E-state index contributed by atoms with van der Waals surface area (Å²) in [5.74, 6) is 0. The molecule has 0 amide bonds. The van der Waals surface area contributed by atoms with E-state index in [-0.39, 0.29) is 41.7 Å². The van der Waals surface area contributed by atoms with Crippen LogP contribution in [-0.2, 0) is 0 Å². The second-order valence-electron chi connectivity index (χ2n) is 1.82. The monoisotopic (exact) mass is 259 g/mol. The summed E-state index contributed by atoms with van der Waals surface area (Å²) < 4.78 is 5.01. The van der Waals surface area contributed by atoms with Gasteiger partial charge in [-0.15, -0.1) is 0 Å². The Morgan fingerprint density at radius 1 is 1.20 bits per heavy atom. The van der Waals surface area contributed by atoms with Crippen LogP contribution in [0.1, 0.15) is 0 Å². The zero-order valence-electron chi connectivity index (χ0n) is 5.24. The predicted molar refractivity (Wildman–Crippen MR) is 34.0 cm³/mol. The van der Waals surface area contributed by atoms with Gasteiger partial charge in [0.1, 0.15) is 5.52 Å². The molecule has 10 heavy (non-hydrogen) atoms. The van der Waals surface area contributed by atoms with E-state index in [9.17, 15) is 0 Å². The van der Waals surface area contributed by atoms with Gasteiger partial charge in [-0.05, 0) is 12.1 Å². The van der Waals surface area contributed by atoms with Crippen molar-refractivity contribution < 1.29 is 46.2 Å². The van der Waals surface area contributed by atoms with Crippen LogP contribution >= 0.6 is 0 Å². The van der Waals surface area contributed by atoms with Crippen LogP contribution in [0.15, 0.2) is 35.1 Å². The summed E-state index contributed by atoms with van der Waals surface area (Å²) in [6, 6.07) is 7.67. The largest absolute Gasteiger partial charge is 0.443 e. The summed E-state index contributed by atoms with van der Waals surface area (Å²) in [5.41, 5.74) is 1.76. The van der Waals surface area contributed by atoms with Crippen LogP contribution in [0.4, 0.5) is 0 Å². The molecule has 48 valence electrons. The van der Waals surface area contributed by atoms with E-state index in [0.717, 1.165) is 11.1 Å². The van der Waals surface area contributed by atoms with E-state index < -0.39 is 0 Å². The molecule has 0 spiro atoms. The van der Waals surface area contributed by atoms with E-state index >= 15 is 0 Å². The number of para-hydroxylation sites is 2. The fourth-order valence-corrected chi connectivity index (χ4v) is 0.803. The third-order valence-electron chi connectivity index (χ3n) is 1.24. The zero-order valence-corrected chi connectivity index (χ0v) is 8.38. The minimum absolute atomic E-state index is 0. The molecular formula is C7H5CeNO. The van der Waals surface area contributed by atoms with Gasteiger partial charge in [0, 0.05) is 41.7 Å². The summed E-state index contributed by atoms with van der Waals surface area (Å²) in [5, 5.41) is 0. The molecule has 0 bridgehead atoms. The summed E-state index contributed by atoms with van der Waals surface area (Å²) in [4.78, 5) is 3.95. The van der Waals surface area contributed by atoms with Crippen LogP contribution in [-0.4, -0.2) is 4.98 Å². The minimum Gasteiger partial charge on any atom is -0.443 e. The second-order valence-corrected chi connectivity index (χ2v) is 1.82. The maximum atomic E-state index is 5.01. The second kappa shape index (κ2) is 3.46. The minimum atomic E-state index is 0. The van der Waals surface area contributed by atoms with Crippen molar-refractivity contribution >= 4 is 11.1 Å². The van der Waals surface area contributed by atoms with Crippen molar-refractivity contribution in [2.75, 3.05) is 0 Å². The number of hydrogen-bond donors (Lipinski definition) is 0.